The van der Waals surface area contributed by atoms with E-state index in [2.05, 4.69) is 38.0 Å². The van der Waals surface area contributed by atoms with Gasteiger partial charge < -0.3 is 10.1 Å². The van der Waals surface area contributed by atoms with Crippen LogP contribution in [0.3, 0.4) is 0 Å². The SMILES string of the molecule is Cc1cc(Oc2cccnc2)ccc1NC(C)(C)C. The minimum absolute atomic E-state index is 0.0521. The van der Waals surface area contributed by atoms with Crippen LogP contribution in [0.1, 0.15) is 26.3 Å². The van der Waals surface area contributed by atoms with E-state index in [0.29, 0.717) is 0 Å². The average molecular weight is 256 g/mol. The maximum atomic E-state index is 5.75. The molecule has 1 aromatic carbocycles. The predicted octanol–water partition coefficient (Wildman–Crippen LogP) is 4.39. The number of anilines is 1. The molecule has 0 aliphatic rings. The van der Waals surface area contributed by atoms with Gasteiger partial charge >= 0.3 is 0 Å². The van der Waals surface area contributed by atoms with Crippen LogP contribution in [-0.2, 0) is 0 Å². The van der Waals surface area contributed by atoms with Gasteiger partial charge in [-0.05, 0) is 63.6 Å². The van der Waals surface area contributed by atoms with Gasteiger partial charge in [0.25, 0.3) is 0 Å². The Kier molecular flexibility index (Phi) is 3.74. The van der Waals surface area contributed by atoms with Gasteiger partial charge in [0.2, 0.25) is 0 Å². The molecule has 3 heteroatoms. The lowest BCUT2D eigenvalue weighted by Crippen LogP contribution is -2.26. The van der Waals surface area contributed by atoms with Crippen LogP contribution >= 0.6 is 0 Å². The Labute approximate surface area is 114 Å². The zero-order valence-corrected chi connectivity index (χ0v) is 11.9. The second kappa shape index (κ2) is 5.31. The zero-order chi connectivity index (χ0) is 13.9. The van der Waals surface area contributed by atoms with E-state index in [1.165, 1.54) is 0 Å². The average Bonchev–Trinajstić information content (AvgIpc) is 2.33. The molecule has 1 N–H and O–H groups in total. The van der Waals surface area contributed by atoms with Gasteiger partial charge in [0.15, 0.2) is 0 Å². The minimum atomic E-state index is 0.0521. The Morgan fingerprint density at radius 3 is 2.47 bits per heavy atom. The highest BCUT2D eigenvalue weighted by molar-refractivity contribution is 5.55. The van der Waals surface area contributed by atoms with Crippen molar-refractivity contribution in [2.45, 2.75) is 33.2 Å². The lowest BCUT2D eigenvalue weighted by atomic mass is 10.1. The smallest absolute Gasteiger partial charge is 0.145 e. The van der Waals surface area contributed by atoms with Crippen LogP contribution in [0.15, 0.2) is 42.7 Å². The van der Waals surface area contributed by atoms with Gasteiger partial charge in [0.05, 0.1) is 6.20 Å². The Balaban J connectivity index is 2.15. The Morgan fingerprint density at radius 2 is 1.89 bits per heavy atom. The normalized spacial score (nSPS) is 11.2. The highest BCUT2D eigenvalue weighted by atomic mass is 16.5. The quantitative estimate of drug-likeness (QED) is 0.884. The number of pyridine rings is 1. The summed E-state index contributed by atoms with van der Waals surface area (Å²) in [5.74, 6) is 1.57. The lowest BCUT2D eigenvalue weighted by molar-refractivity contribution is 0.480. The van der Waals surface area contributed by atoms with Crippen LogP contribution in [0.25, 0.3) is 0 Å². The second-order valence-corrected chi connectivity index (χ2v) is 5.64. The first-order valence-corrected chi connectivity index (χ1v) is 6.41. The van der Waals surface area contributed by atoms with Crippen LogP contribution in [0.2, 0.25) is 0 Å². The van der Waals surface area contributed by atoms with E-state index < -0.39 is 0 Å². The maximum Gasteiger partial charge on any atom is 0.145 e. The van der Waals surface area contributed by atoms with E-state index in [4.69, 9.17) is 4.74 Å². The fraction of sp³-hybridized carbons (Fsp3) is 0.312. The number of hydrogen-bond donors (Lipinski definition) is 1. The van der Waals surface area contributed by atoms with Crippen LogP contribution in [0, 0.1) is 6.92 Å². The Hall–Kier alpha value is -2.03. The molecule has 1 heterocycles. The monoisotopic (exact) mass is 256 g/mol. The first-order chi connectivity index (χ1) is 8.94. The molecule has 0 unspecified atom stereocenters. The van der Waals surface area contributed by atoms with E-state index in [1.54, 1.807) is 12.4 Å². The van der Waals surface area contributed by atoms with Crippen LogP contribution in [-0.4, -0.2) is 10.5 Å². The number of aromatic nitrogens is 1. The molecule has 0 aliphatic carbocycles. The molecule has 2 aromatic rings. The summed E-state index contributed by atoms with van der Waals surface area (Å²) < 4.78 is 5.75. The van der Waals surface area contributed by atoms with Crippen molar-refractivity contribution < 1.29 is 4.74 Å². The Morgan fingerprint density at radius 1 is 1.11 bits per heavy atom. The van der Waals surface area contributed by atoms with Crippen LogP contribution in [0.5, 0.6) is 11.5 Å². The topological polar surface area (TPSA) is 34.1 Å². The van der Waals surface area contributed by atoms with Crippen molar-refractivity contribution in [2.24, 2.45) is 0 Å². The van der Waals surface area contributed by atoms with Crippen molar-refractivity contribution >= 4 is 5.69 Å². The third kappa shape index (κ3) is 3.98. The number of ether oxygens (including phenoxy) is 1. The fourth-order valence-corrected chi connectivity index (χ4v) is 1.79. The zero-order valence-electron chi connectivity index (χ0n) is 11.9. The first-order valence-electron chi connectivity index (χ1n) is 6.41. The summed E-state index contributed by atoms with van der Waals surface area (Å²) in [6.07, 6.45) is 3.44. The van der Waals surface area contributed by atoms with Gasteiger partial charge in [0, 0.05) is 17.4 Å². The van der Waals surface area contributed by atoms with Crippen molar-refractivity contribution in [3.63, 3.8) is 0 Å². The number of aryl methyl sites for hydroxylation is 1. The van der Waals surface area contributed by atoms with E-state index in [0.717, 1.165) is 22.7 Å². The number of benzene rings is 1. The number of rotatable bonds is 3. The molecule has 2 rings (SSSR count). The van der Waals surface area contributed by atoms with Gasteiger partial charge in [-0.15, -0.1) is 0 Å². The summed E-state index contributed by atoms with van der Waals surface area (Å²) >= 11 is 0. The van der Waals surface area contributed by atoms with E-state index in [9.17, 15) is 0 Å². The molecule has 1 aromatic heterocycles. The summed E-state index contributed by atoms with van der Waals surface area (Å²) in [5, 5.41) is 3.47. The molecule has 0 amide bonds. The first kappa shape index (κ1) is 13.4. The van der Waals surface area contributed by atoms with Crippen molar-refractivity contribution in [2.75, 3.05) is 5.32 Å². The van der Waals surface area contributed by atoms with E-state index >= 15 is 0 Å². The van der Waals surface area contributed by atoms with E-state index in [1.807, 2.05) is 30.3 Å². The molecule has 0 bridgehead atoms. The maximum absolute atomic E-state index is 5.75. The third-order valence-corrected chi connectivity index (χ3v) is 2.58. The highest BCUT2D eigenvalue weighted by Gasteiger charge is 2.11. The molecule has 0 fully saturated rings. The van der Waals surface area contributed by atoms with Gasteiger partial charge in [-0.25, -0.2) is 0 Å². The molecular formula is C16H20N2O. The molecule has 100 valence electrons. The van der Waals surface area contributed by atoms with Crippen LogP contribution in [0.4, 0.5) is 5.69 Å². The minimum Gasteiger partial charge on any atom is -0.456 e. The van der Waals surface area contributed by atoms with Crippen LogP contribution < -0.4 is 10.1 Å². The van der Waals surface area contributed by atoms with Gasteiger partial charge in [-0.3, -0.25) is 4.98 Å². The number of nitrogens with zero attached hydrogens (tertiary/aromatic N) is 1. The largest absolute Gasteiger partial charge is 0.456 e. The molecule has 3 nitrogen and oxygen atoms in total. The molecular weight excluding hydrogens is 236 g/mol. The predicted molar refractivity (Wildman–Crippen MR) is 78.9 cm³/mol. The molecule has 0 aliphatic heterocycles. The molecule has 0 atom stereocenters. The summed E-state index contributed by atoms with van der Waals surface area (Å²) in [5.41, 5.74) is 2.35. The van der Waals surface area contributed by atoms with Crippen molar-refractivity contribution in [1.29, 1.82) is 0 Å². The van der Waals surface area contributed by atoms with Crippen molar-refractivity contribution in [3.8, 4) is 11.5 Å². The van der Waals surface area contributed by atoms with Crippen molar-refractivity contribution in [1.82, 2.24) is 4.98 Å². The molecule has 0 radical (unpaired) electrons. The highest BCUT2D eigenvalue weighted by Crippen LogP contribution is 2.27. The third-order valence-electron chi connectivity index (χ3n) is 2.58. The standard InChI is InChI=1S/C16H20N2O/c1-12-10-13(19-14-6-5-9-17-11-14)7-8-15(12)18-16(2,3)4/h5-11,18H,1-4H3. The van der Waals surface area contributed by atoms with Gasteiger partial charge in [-0.2, -0.15) is 0 Å². The Bertz CT molecular complexity index is 544. The molecule has 0 saturated heterocycles. The summed E-state index contributed by atoms with van der Waals surface area (Å²) in [6.45, 7) is 8.51. The molecule has 0 saturated carbocycles. The number of hydrogen-bond acceptors (Lipinski definition) is 3. The summed E-state index contributed by atoms with van der Waals surface area (Å²) in [6, 6.07) is 9.79. The molecule has 0 spiro atoms. The van der Waals surface area contributed by atoms with E-state index in [-0.39, 0.29) is 5.54 Å². The van der Waals surface area contributed by atoms with Gasteiger partial charge in [-0.1, -0.05) is 0 Å². The fourth-order valence-electron chi connectivity index (χ4n) is 1.79. The molecule has 19 heavy (non-hydrogen) atoms. The van der Waals surface area contributed by atoms with Crippen molar-refractivity contribution in [3.05, 3.63) is 48.3 Å². The lowest BCUT2D eigenvalue weighted by Gasteiger charge is -2.23. The number of nitrogens with one attached hydrogen (secondary N) is 1. The second-order valence-electron chi connectivity index (χ2n) is 5.64. The summed E-state index contributed by atoms with van der Waals surface area (Å²) in [4.78, 5) is 4.03. The summed E-state index contributed by atoms with van der Waals surface area (Å²) in [7, 11) is 0. The van der Waals surface area contributed by atoms with Gasteiger partial charge in [0.1, 0.15) is 11.5 Å².